The molecule has 5 heteroatoms. The van der Waals surface area contributed by atoms with Crippen LogP contribution in [0.2, 0.25) is 0 Å². The van der Waals surface area contributed by atoms with Crippen LogP contribution >= 0.6 is 0 Å². The van der Waals surface area contributed by atoms with E-state index in [1.807, 2.05) is 18.7 Å². The molecule has 1 rings (SSSR count). The number of ether oxygens (including phenoxy) is 2. The molecule has 0 bridgehead atoms. The van der Waals surface area contributed by atoms with Crippen LogP contribution in [0, 0.1) is 0 Å². The Morgan fingerprint density at radius 2 is 2.06 bits per heavy atom. The Morgan fingerprint density at radius 1 is 1.44 bits per heavy atom. The highest BCUT2D eigenvalue weighted by atomic mass is 16.5. The fourth-order valence-electron chi connectivity index (χ4n) is 1.57. The number of carbonyl (C=O) groups is 1. The van der Waals surface area contributed by atoms with Crippen LogP contribution in [-0.4, -0.2) is 62.9 Å². The molecule has 1 fully saturated rings. The number of rotatable bonds is 5. The smallest absolute Gasteiger partial charge is 0.239 e. The zero-order valence-electron chi connectivity index (χ0n) is 10.4. The van der Waals surface area contributed by atoms with Crippen LogP contribution < -0.4 is 5.32 Å². The van der Waals surface area contributed by atoms with Crippen LogP contribution in [0.4, 0.5) is 0 Å². The number of nitrogens with one attached hydrogen (secondary N) is 1. The van der Waals surface area contributed by atoms with Gasteiger partial charge in [-0.3, -0.25) is 4.79 Å². The normalized spacial score (nSPS) is 20.6. The van der Waals surface area contributed by atoms with E-state index in [0.717, 1.165) is 0 Å². The number of morpholine rings is 1. The van der Waals surface area contributed by atoms with E-state index in [1.165, 1.54) is 0 Å². The van der Waals surface area contributed by atoms with Gasteiger partial charge in [-0.05, 0) is 13.8 Å². The van der Waals surface area contributed by atoms with Gasteiger partial charge in [0.15, 0.2) is 0 Å². The predicted octanol–water partition coefficient (Wildman–Crippen LogP) is -0.142. The van der Waals surface area contributed by atoms with Gasteiger partial charge in [0.05, 0.1) is 25.4 Å². The zero-order chi connectivity index (χ0) is 12.0. The third-order valence-electron chi connectivity index (χ3n) is 2.81. The lowest BCUT2D eigenvalue weighted by molar-refractivity contribution is -0.137. The van der Waals surface area contributed by atoms with Gasteiger partial charge in [0, 0.05) is 26.7 Å². The Bertz CT molecular complexity index is 217. The fourth-order valence-corrected chi connectivity index (χ4v) is 1.57. The van der Waals surface area contributed by atoms with Crippen molar-refractivity contribution in [3.05, 3.63) is 0 Å². The Hall–Kier alpha value is -0.650. The lowest BCUT2D eigenvalue weighted by atomic mass is 10.2. The van der Waals surface area contributed by atoms with Crippen molar-refractivity contribution in [2.45, 2.75) is 26.0 Å². The lowest BCUT2D eigenvalue weighted by Crippen LogP contribution is -2.50. The second-order valence-electron chi connectivity index (χ2n) is 4.11. The quantitative estimate of drug-likeness (QED) is 0.714. The molecule has 16 heavy (non-hydrogen) atoms. The molecule has 1 N–H and O–H groups in total. The van der Waals surface area contributed by atoms with Gasteiger partial charge in [0.1, 0.15) is 0 Å². The average molecular weight is 230 g/mol. The van der Waals surface area contributed by atoms with Crippen molar-refractivity contribution in [1.82, 2.24) is 10.2 Å². The average Bonchev–Trinajstić information content (AvgIpc) is 2.35. The second-order valence-corrected chi connectivity index (χ2v) is 4.11. The molecule has 1 aliphatic heterocycles. The van der Waals surface area contributed by atoms with Gasteiger partial charge in [-0.1, -0.05) is 0 Å². The van der Waals surface area contributed by atoms with Gasteiger partial charge >= 0.3 is 0 Å². The number of nitrogens with zero attached hydrogens (tertiary/aromatic N) is 1. The molecule has 5 nitrogen and oxygen atoms in total. The van der Waals surface area contributed by atoms with E-state index in [9.17, 15) is 4.79 Å². The van der Waals surface area contributed by atoms with E-state index in [1.54, 1.807) is 7.11 Å². The maximum absolute atomic E-state index is 12.0. The minimum Gasteiger partial charge on any atom is -0.380 e. The number of methoxy groups -OCH3 is 1. The zero-order valence-corrected chi connectivity index (χ0v) is 10.4. The molecule has 0 aromatic heterocycles. The van der Waals surface area contributed by atoms with Crippen LogP contribution in [0.3, 0.4) is 0 Å². The molecule has 0 radical (unpaired) electrons. The molecule has 1 saturated heterocycles. The molecule has 1 amide bonds. The van der Waals surface area contributed by atoms with Crippen LogP contribution in [0.5, 0.6) is 0 Å². The highest BCUT2D eigenvalue weighted by Crippen LogP contribution is 2.00. The molecular weight excluding hydrogens is 208 g/mol. The lowest BCUT2D eigenvalue weighted by Gasteiger charge is -2.29. The van der Waals surface area contributed by atoms with Crippen molar-refractivity contribution in [2.24, 2.45) is 0 Å². The molecular formula is C11H22N2O3. The van der Waals surface area contributed by atoms with Gasteiger partial charge < -0.3 is 19.7 Å². The summed E-state index contributed by atoms with van der Waals surface area (Å²) in [7, 11) is 1.67. The van der Waals surface area contributed by atoms with E-state index < -0.39 is 0 Å². The first-order chi connectivity index (χ1) is 7.65. The summed E-state index contributed by atoms with van der Waals surface area (Å²) >= 11 is 0. The highest BCUT2D eigenvalue weighted by molar-refractivity contribution is 5.81. The van der Waals surface area contributed by atoms with Crippen molar-refractivity contribution in [3.63, 3.8) is 0 Å². The molecule has 0 aromatic rings. The summed E-state index contributed by atoms with van der Waals surface area (Å²) in [6.07, 6.45) is 0.125. The molecule has 0 aliphatic carbocycles. The summed E-state index contributed by atoms with van der Waals surface area (Å²) in [5.41, 5.74) is 0. The number of amides is 1. The number of hydrogen-bond acceptors (Lipinski definition) is 4. The van der Waals surface area contributed by atoms with Crippen LogP contribution in [-0.2, 0) is 14.3 Å². The van der Waals surface area contributed by atoms with E-state index in [-0.39, 0.29) is 18.1 Å². The first kappa shape index (κ1) is 13.4. The molecule has 1 aliphatic rings. The van der Waals surface area contributed by atoms with Crippen LogP contribution in [0.15, 0.2) is 0 Å². The van der Waals surface area contributed by atoms with E-state index >= 15 is 0 Å². The predicted molar refractivity (Wildman–Crippen MR) is 61.3 cm³/mol. The van der Waals surface area contributed by atoms with Gasteiger partial charge in [0.25, 0.3) is 0 Å². The first-order valence-electron chi connectivity index (χ1n) is 5.78. The van der Waals surface area contributed by atoms with E-state index in [0.29, 0.717) is 32.8 Å². The summed E-state index contributed by atoms with van der Waals surface area (Å²) in [6, 6.07) is -0.157. The number of carbonyl (C=O) groups excluding carboxylic acids is 1. The Labute approximate surface area is 97.1 Å². The van der Waals surface area contributed by atoms with Gasteiger partial charge in [-0.15, -0.1) is 0 Å². The summed E-state index contributed by atoms with van der Waals surface area (Å²) in [5, 5.41) is 3.17. The summed E-state index contributed by atoms with van der Waals surface area (Å²) < 4.78 is 10.3. The maximum Gasteiger partial charge on any atom is 0.239 e. The summed E-state index contributed by atoms with van der Waals surface area (Å²) in [5.74, 6) is 0.145. The molecule has 1 heterocycles. The Balaban J connectivity index is 2.29. The van der Waals surface area contributed by atoms with Gasteiger partial charge in [-0.25, -0.2) is 0 Å². The molecule has 94 valence electrons. The van der Waals surface area contributed by atoms with E-state index in [2.05, 4.69) is 5.32 Å². The van der Waals surface area contributed by atoms with Crippen LogP contribution in [0.1, 0.15) is 13.8 Å². The highest BCUT2D eigenvalue weighted by Gasteiger charge is 2.22. The van der Waals surface area contributed by atoms with Gasteiger partial charge in [-0.2, -0.15) is 0 Å². The monoisotopic (exact) mass is 230 g/mol. The SMILES string of the molecule is COC(C)CNC(C)C(=O)N1CCOCC1. The third kappa shape index (κ3) is 4.08. The van der Waals surface area contributed by atoms with Gasteiger partial charge in [0.2, 0.25) is 5.91 Å². The minimum absolute atomic E-state index is 0.125. The van der Waals surface area contributed by atoms with Crippen molar-refractivity contribution < 1.29 is 14.3 Å². The molecule has 2 unspecified atom stereocenters. The summed E-state index contributed by atoms with van der Waals surface area (Å²) in [4.78, 5) is 13.8. The molecule has 2 atom stereocenters. The molecule has 0 aromatic carbocycles. The fraction of sp³-hybridized carbons (Fsp3) is 0.909. The third-order valence-corrected chi connectivity index (χ3v) is 2.81. The van der Waals surface area contributed by atoms with E-state index in [4.69, 9.17) is 9.47 Å². The topological polar surface area (TPSA) is 50.8 Å². The standard InChI is InChI=1S/C11H22N2O3/c1-9(15-3)8-12-10(2)11(14)13-4-6-16-7-5-13/h9-10,12H,4-8H2,1-3H3. The largest absolute Gasteiger partial charge is 0.380 e. The number of hydrogen-bond donors (Lipinski definition) is 1. The summed E-state index contributed by atoms with van der Waals surface area (Å²) in [6.45, 7) is 7.24. The molecule has 0 spiro atoms. The van der Waals surface area contributed by atoms with Crippen molar-refractivity contribution in [2.75, 3.05) is 40.0 Å². The maximum atomic E-state index is 12.0. The van der Waals surface area contributed by atoms with Crippen molar-refractivity contribution in [1.29, 1.82) is 0 Å². The second kappa shape index (κ2) is 6.83. The van der Waals surface area contributed by atoms with Crippen molar-refractivity contribution >= 4 is 5.91 Å². The Kier molecular flexibility index (Phi) is 5.73. The van der Waals surface area contributed by atoms with Crippen molar-refractivity contribution in [3.8, 4) is 0 Å². The molecule has 0 saturated carbocycles. The minimum atomic E-state index is -0.157. The van der Waals surface area contributed by atoms with Crippen LogP contribution in [0.25, 0.3) is 0 Å². The first-order valence-corrected chi connectivity index (χ1v) is 5.78. The Morgan fingerprint density at radius 3 is 2.62 bits per heavy atom.